The second-order valence-electron chi connectivity index (χ2n) is 5.15. The Morgan fingerprint density at radius 3 is 2.94 bits per heavy atom. The molecule has 0 aromatic heterocycles. The van der Waals surface area contributed by atoms with E-state index in [1.807, 2.05) is 13.8 Å². The van der Waals surface area contributed by atoms with Crippen LogP contribution in [0.15, 0.2) is 0 Å². The van der Waals surface area contributed by atoms with Crippen LogP contribution in [0, 0.1) is 0 Å². The van der Waals surface area contributed by atoms with Gasteiger partial charge < -0.3 is 15.0 Å². The van der Waals surface area contributed by atoms with Crippen molar-refractivity contribution in [3.8, 4) is 0 Å². The van der Waals surface area contributed by atoms with Gasteiger partial charge in [-0.1, -0.05) is 0 Å². The van der Waals surface area contributed by atoms with Crippen LogP contribution in [0.3, 0.4) is 0 Å². The minimum Gasteiger partial charge on any atom is -0.447 e. The highest BCUT2D eigenvalue weighted by molar-refractivity contribution is 5.67. The zero-order valence-corrected chi connectivity index (χ0v) is 10.2. The average Bonchev–Trinajstić information content (AvgIpc) is 2.63. The summed E-state index contributed by atoms with van der Waals surface area (Å²) < 4.78 is 5.10. The Morgan fingerprint density at radius 2 is 2.19 bits per heavy atom. The third-order valence-electron chi connectivity index (χ3n) is 3.49. The summed E-state index contributed by atoms with van der Waals surface area (Å²) in [7, 11) is 0. The number of hydrogen-bond acceptors (Lipinski definition) is 3. The first-order chi connectivity index (χ1) is 7.65. The smallest absolute Gasteiger partial charge is 0.407 e. The van der Waals surface area contributed by atoms with Gasteiger partial charge in [-0.25, -0.2) is 4.79 Å². The highest BCUT2D eigenvalue weighted by Crippen LogP contribution is 2.26. The molecule has 4 nitrogen and oxygen atoms in total. The quantitative estimate of drug-likeness (QED) is 0.780. The second-order valence-corrected chi connectivity index (χ2v) is 5.15. The number of carbonyl (C=O) groups excluding carboxylic acids is 1. The molecule has 0 aliphatic carbocycles. The van der Waals surface area contributed by atoms with Gasteiger partial charge in [-0.15, -0.1) is 0 Å². The molecule has 0 aromatic rings. The van der Waals surface area contributed by atoms with Crippen LogP contribution >= 0.6 is 0 Å². The van der Waals surface area contributed by atoms with Gasteiger partial charge in [-0.05, 0) is 46.1 Å². The maximum Gasteiger partial charge on any atom is 0.407 e. The lowest BCUT2D eigenvalue weighted by molar-refractivity contribution is 0.102. The number of amides is 1. The van der Waals surface area contributed by atoms with Gasteiger partial charge >= 0.3 is 6.09 Å². The fraction of sp³-hybridized carbons (Fsp3) is 0.917. The normalized spacial score (nSPS) is 30.2. The molecule has 0 aromatic carbocycles. The van der Waals surface area contributed by atoms with Gasteiger partial charge in [0.2, 0.25) is 0 Å². The second kappa shape index (κ2) is 5.04. The summed E-state index contributed by atoms with van der Waals surface area (Å²) in [6, 6.07) is 1.00. The standard InChI is InChI=1S/C12H22N2O2/c1-9(2)16-12(15)13-10-5-7-14-6-3-4-11(14)8-10/h9-11H,3-8H2,1-2H3,(H,13,15). The largest absolute Gasteiger partial charge is 0.447 e. The Bertz CT molecular complexity index is 255. The first-order valence-corrected chi connectivity index (χ1v) is 6.36. The number of hydrogen-bond donors (Lipinski definition) is 1. The Hall–Kier alpha value is -0.770. The van der Waals surface area contributed by atoms with Crippen LogP contribution in [0.25, 0.3) is 0 Å². The van der Waals surface area contributed by atoms with E-state index >= 15 is 0 Å². The topological polar surface area (TPSA) is 41.6 Å². The Kier molecular flexibility index (Phi) is 3.69. The summed E-state index contributed by atoms with van der Waals surface area (Å²) in [6.07, 6.45) is 4.46. The molecule has 0 bridgehead atoms. The molecule has 2 aliphatic heterocycles. The van der Waals surface area contributed by atoms with E-state index < -0.39 is 0 Å². The molecule has 0 radical (unpaired) electrons. The summed E-state index contributed by atoms with van der Waals surface area (Å²) in [5.74, 6) is 0. The number of fused-ring (bicyclic) bond motifs is 1. The highest BCUT2D eigenvalue weighted by atomic mass is 16.6. The van der Waals surface area contributed by atoms with Crippen molar-refractivity contribution in [1.82, 2.24) is 10.2 Å². The Balaban J connectivity index is 1.76. The minimum absolute atomic E-state index is 0.0356. The first-order valence-electron chi connectivity index (χ1n) is 6.36. The van der Waals surface area contributed by atoms with Crippen LogP contribution in [0.1, 0.15) is 39.5 Å². The van der Waals surface area contributed by atoms with Crippen molar-refractivity contribution >= 4 is 6.09 Å². The van der Waals surface area contributed by atoms with Crippen LogP contribution in [-0.2, 0) is 4.74 Å². The lowest BCUT2D eigenvalue weighted by Crippen LogP contribution is -2.47. The molecule has 2 aliphatic rings. The molecule has 0 spiro atoms. The molecular weight excluding hydrogens is 204 g/mol. The zero-order valence-electron chi connectivity index (χ0n) is 10.2. The van der Waals surface area contributed by atoms with E-state index in [1.165, 1.54) is 19.4 Å². The lowest BCUT2D eigenvalue weighted by atomic mass is 9.98. The van der Waals surface area contributed by atoms with Crippen molar-refractivity contribution in [2.24, 2.45) is 0 Å². The maximum absolute atomic E-state index is 11.5. The number of ether oxygens (including phenoxy) is 1. The van der Waals surface area contributed by atoms with Gasteiger partial charge in [0.25, 0.3) is 0 Å². The van der Waals surface area contributed by atoms with Gasteiger partial charge in [-0.3, -0.25) is 0 Å². The molecule has 2 unspecified atom stereocenters. The predicted octanol–water partition coefficient (Wildman–Crippen LogP) is 1.75. The van der Waals surface area contributed by atoms with Crippen molar-refractivity contribution in [2.75, 3.05) is 13.1 Å². The summed E-state index contributed by atoms with van der Waals surface area (Å²) in [4.78, 5) is 14.0. The molecule has 2 fully saturated rings. The van der Waals surface area contributed by atoms with Gasteiger partial charge in [0.15, 0.2) is 0 Å². The van der Waals surface area contributed by atoms with Gasteiger partial charge in [-0.2, -0.15) is 0 Å². The zero-order chi connectivity index (χ0) is 11.5. The van der Waals surface area contributed by atoms with Crippen molar-refractivity contribution in [3.63, 3.8) is 0 Å². The molecule has 1 N–H and O–H groups in total. The molecule has 16 heavy (non-hydrogen) atoms. The minimum atomic E-state index is -0.258. The molecule has 2 saturated heterocycles. The van der Waals surface area contributed by atoms with E-state index in [1.54, 1.807) is 0 Å². The van der Waals surface area contributed by atoms with Crippen LogP contribution in [0.5, 0.6) is 0 Å². The predicted molar refractivity (Wildman–Crippen MR) is 62.4 cm³/mol. The number of nitrogens with one attached hydrogen (secondary N) is 1. The van der Waals surface area contributed by atoms with Crippen LogP contribution in [0.4, 0.5) is 4.79 Å². The van der Waals surface area contributed by atoms with E-state index in [2.05, 4.69) is 10.2 Å². The van der Waals surface area contributed by atoms with E-state index in [9.17, 15) is 4.79 Å². The van der Waals surface area contributed by atoms with E-state index in [0.717, 1.165) is 19.4 Å². The number of carbonyl (C=O) groups is 1. The summed E-state index contributed by atoms with van der Waals surface area (Å²) >= 11 is 0. The summed E-state index contributed by atoms with van der Waals surface area (Å²) in [5, 5.41) is 2.98. The molecule has 1 amide bonds. The van der Waals surface area contributed by atoms with E-state index in [4.69, 9.17) is 4.74 Å². The van der Waals surface area contributed by atoms with Gasteiger partial charge in [0.05, 0.1) is 6.10 Å². The number of piperidine rings is 1. The number of alkyl carbamates (subject to hydrolysis) is 1. The third kappa shape index (κ3) is 2.88. The van der Waals surface area contributed by atoms with Gasteiger partial charge in [0, 0.05) is 18.6 Å². The summed E-state index contributed by atoms with van der Waals surface area (Å²) in [5.41, 5.74) is 0. The molecule has 2 rings (SSSR count). The SMILES string of the molecule is CC(C)OC(=O)NC1CCN2CCCC2C1. The molecular formula is C12H22N2O2. The molecule has 0 saturated carbocycles. The van der Waals surface area contributed by atoms with Crippen molar-refractivity contribution in [3.05, 3.63) is 0 Å². The summed E-state index contributed by atoms with van der Waals surface area (Å²) in [6.45, 7) is 6.11. The average molecular weight is 226 g/mol. The number of nitrogens with zero attached hydrogens (tertiary/aromatic N) is 1. The third-order valence-corrected chi connectivity index (χ3v) is 3.49. The van der Waals surface area contributed by atoms with Gasteiger partial charge in [0.1, 0.15) is 0 Å². The molecule has 2 heterocycles. The molecule has 92 valence electrons. The van der Waals surface area contributed by atoms with Crippen molar-refractivity contribution in [2.45, 2.75) is 57.7 Å². The van der Waals surface area contributed by atoms with E-state index in [-0.39, 0.29) is 12.2 Å². The monoisotopic (exact) mass is 226 g/mol. The Morgan fingerprint density at radius 1 is 1.38 bits per heavy atom. The fourth-order valence-corrected chi connectivity index (χ4v) is 2.77. The maximum atomic E-state index is 11.5. The van der Waals surface area contributed by atoms with Crippen molar-refractivity contribution < 1.29 is 9.53 Å². The lowest BCUT2D eigenvalue weighted by Gasteiger charge is -2.34. The number of rotatable bonds is 2. The molecule has 2 atom stereocenters. The van der Waals surface area contributed by atoms with Crippen LogP contribution in [0.2, 0.25) is 0 Å². The molecule has 4 heteroatoms. The van der Waals surface area contributed by atoms with Crippen LogP contribution < -0.4 is 5.32 Å². The van der Waals surface area contributed by atoms with E-state index in [0.29, 0.717) is 12.1 Å². The Labute approximate surface area is 97.3 Å². The first kappa shape index (κ1) is 11.7. The fourth-order valence-electron chi connectivity index (χ4n) is 2.77. The van der Waals surface area contributed by atoms with Crippen LogP contribution in [-0.4, -0.2) is 42.3 Å². The van der Waals surface area contributed by atoms with Crippen molar-refractivity contribution in [1.29, 1.82) is 0 Å². The highest BCUT2D eigenvalue weighted by Gasteiger charge is 2.32.